The van der Waals surface area contributed by atoms with E-state index in [2.05, 4.69) is 28.4 Å². The smallest absolute Gasteiger partial charge is 0.227 e. The highest BCUT2D eigenvalue weighted by atomic mass is 32.2. The number of thioether (sulfide) groups is 1. The number of rotatable bonds is 5. The number of anilines is 1. The van der Waals surface area contributed by atoms with Gasteiger partial charge in [0.1, 0.15) is 17.3 Å². The maximum absolute atomic E-state index is 12.9. The van der Waals surface area contributed by atoms with Crippen molar-refractivity contribution in [3.05, 3.63) is 35.5 Å². The molecule has 1 aliphatic heterocycles. The molecule has 1 aliphatic carbocycles. The molecule has 0 saturated heterocycles. The second-order valence-corrected chi connectivity index (χ2v) is 7.65. The number of ketones is 1. The van der Waals surface area contributed by atoms with E-state index in [1.165, 1.54) is 0 Å². The first-order valence-corrected chi connectivity index (χ1v) is 9.95. The van der Waals surface area contributed by atoms with Crippen LogP contribution < -0.4 is 14.8 Å². The summed E-state index contributed by atoms with van der Waals surface area (Å²) in [6.07, 6.45) is 3.38. The molecule has 1 aromatic carbocycles. The van der Waals surface area contributed by atoms with E-state index < -0.39 is 0 Å². The molecule has 142 valence electrons. The van der Waals surface area contributed by atoms with Gasteiger partial charge < -0.3 is 14.8 Å². The quantitative estimate of drug-likeness (QED) is 0.790. The number of hydrogen-bond donors (Lipinski definition) is 1. The third kappa shape index (κ3) is 3.07. The van der Waals surface area contributed by atoms with Gasteiger partial charge in [-0.1, -0.05) is 24.8 Å². The number of carbonyl (C=O) groups is 1. The molecule has 2 atom stereocenters. The van der Waals surface area contributed by atoms with Crippen LogP contribution in [-0.2, 0) is 4.79 Å². The molecule has 0 unspecified atom stereocenters. The maximum Gasteiger partial charge on any atom is 0.227 e. The van der Waals surface area contributed by atoms with Crippen molar-refractivity contribution >= 4 is 23.5 Å². The van der Waals surface area contributed by atoms with Gasteiger partial charge in [0.2, 0.25) is 11.1 Å². The zero-order valence-corrected chi connectivity index (χ0v) is 16.4. The lowest BCUT2D eigenvalue weighted by molar-refractivity contribution is -0.123. The predicted molar refractivity (Wildman–Crippen MR) is 104 cm³/mol. The summed E-state index contributed by atoms with van der Waals surface area (Å²) in [7, 11) is 3.24. The van der Waals surface area contributed by atoms with Crippen LogP contribution >= 0.6 is 11.8 Å². The average Bonchev–Trinajstić information content (AvgIpc) is 3.08. The van der Waals surface area contributed by atoms with Crippen molar-refractivity contribution in [2.45, 2.75) is 31.0 Å². The van der Waals surface area contributed by atoms with Crippen LogP contribution in [0.3, 0.4) is 0 Å². The fraction of sp³-hybridized carbons (Fsp3) is 0.421. The molecule has 0 radical (unpaired) electrons. The number of benzene rings is 1. The number of nitrogens with zero attached hydrogens (tertiary/aromatic N) is 3. The molecular weight excluding hydrogens is 364 g/mol. The lowest BCUT2D eigenvalue weighted by Crippen LogP contribution is -2.38. The highest BCUT2D eigenvalue weighted by molar-refractivity contribution is 7.99. The van der Waals surface area contributed by atoms with Gasteiger partial charge in [-0.2, -0.15) is 4.98 Å². The van der Waals surface area contributed by atoms with Crippen molar-refractivity contribution in [2.24, 2.45) is 5.92 Å². The zero-order chi connectivity index (χ0) is 19.0. The molecule has 2 aromatic rings. The lowest BCUT2D eigenvalue weighted by Gasteiger charge is -2.36. The third-order valence-corrected chi connectivity index (χ3v) is 5.64. The van der Waals surface area contributed by atoms with E-state index >= 15 is 0 Å². The van der Waals surface area contributed by atoms with Gasteiger partial charge in [0.25, 0.3) is 0 Å². The number of hydrogen-bond acceptors (Lipinski definition) is 7. The van der Waals surface area contributed by atoms with Crippen molar-refractivity contribution < 1.29 is 14.3 Å². The Morgan fingerprint density at radius 2 is 2.19 bits per heavy atom. The Balaban J connectivity index is 1.89. The largest absolute Gasteiger partial charge is 0.497 e. The Morgan fingerprint density at radius 3 is 2.93 bits per heavy atom. The molecule has 1 N–H and O–H groups in total. The van der Waals surface area contributed by atoms with Gasteiger partial charge in [0, 0.05) is 23.7 Å². The van der Waals surface area contributed by atoms with Crippen LogP contribution in [-0.4, -0.2) is 40.5 Å². The van der Waals surface area contributed by atoms with Crippen LogP contribution in [0.15, 0.2) is 35.1 Å². The van der Waals surface area contributed by atoms with E-state index in [4.69, 9.17) is 9.47 Å². The van der Waals surface area contributed by atoms with Gasteiger partial charge >= 0.3 is 0 Å². The number of methoxy groups -OCH3 is 2. The summed E-state index contributed by atoms with van der Waals surface area (Å²) < 4.78 is 12.8. The first kappa shape index (κ1) is 17.9. The van der Waals surface area contributed by atoms with Crippen molar-refractivity contribution in [3.8, 4) is 11.5 Å². The Labute approximate surface area is 162 Å². The molecule has 0 bridgehead atoms. The molecule has 0 fully saturated rings. The van der Waals surface area contributed by atoms with Gasteiger partial charge in [0.15, 0.2) is 0 Å². The molecule has 0 spiro atoms. The number of fused-ring (bicyclic) bond motifs is 2. The standard InChI is InChI=1S/C19H22N4O3S/c1-4-27-19-21-18-20-13-6-5-7-14(24)16(13)17(23(18)22-19)12-9-8-11(25-2)10-15(12)26-3/h6,8-10,16-17H,4-5,7H2,1-3H3,(H,20,21,22)/t16-,17-/m1/s1. The van der Waals surface area contributed by atoms with Crippen molar-refractivity contribution in [3.63, 3.8) is 0 Å². The normalized spacial score (nSPS) is 21.0. The minimum atomic E-state index is -0.324. The number of allylic oxidation sites excluding steroid dienone is 2. The van der Waals surface area contributed by atoms with E-state index in [1.807, 2.05) is 22.9 Å². The minimum absolute atomic E-state index is 0.203. The Morgan fingerprint density at radius 1 is 1.33 bits per heavy atom. The SMILES string of the molecule is CCSc1nc2n(n1)[C@H](c1ccc(OC)cc1OC)[C@H]1C(=O)CCC=C1N2. The summed E-state index contributed by atoms with van der Waals surface area (Å²) >= 11 is 1.58. The van der Waals surface area contributed by atoms with Gasteiger partial charge in [0.05, 0.1) is 26.2 Å². The Bertz CT molecular complexity index is 908. The summed E-state index contributed by atoms with van der Waals surface area (Å²) in [5.41, 5.74) is 1.80. The second-order valence-electron chi connectivity index (χ2n) is 6.42. The fourth-order valence-electron chi connectivity index (χ4n) is 3.72. The lowest BCUT2D eigenvalue weighted by atomic mass is 9.80. The molecule has 0 saturated carbocycles. The van der Waals surface area contributed by atoms with Gasteiger partial charge in [-0.15, -0.1) is 5.10 Å². The molecule has 27 heavy (non-hydrogen) atoms. The molecule has 2 aliphatic rings. The van der Waals surface area contributed by atoms with Gasteiger partial charge in [-0.05, 0) is 24.3 Å². The molecule has 7 nitrogen and oxygen atoms in total. The molecular formula is C19H22N4O3S. The van der Waals surface area contributed by atoms with Crippen LogP contribution in [0.1, 0.15) is 31.4 Å². The monoisotopic (exact) mass is 386 g/mol. The van der Waals surface area contributed by atoms with Crippen LogP contribution in [0.25, 0.3) is 0 Å². The second kappa shape index (κ2) is 7.26. The van der Waals surface area contributed by atoms with Crippen LogP contribution in [0, 0.1) is 5.92 Å². The molecule has 0 amide bonds. The van der Waals surface area contributed by atoms with Crippen molar-refractivity contribution in [1.82, 2.24) is 14.8 Å². The number of ether oxygens (including phenoxy) is 2. The zero-order valence-electron chi connectivity index (χ0n) is 15.6. The van der Waals surface area contributed by atoms with E-state index in [1.54, 1.807) is 26.0 Å². The summed E-state index contributed by atoms with van der Waals surface area (Å²) in [6, 6.07) is 5.37. The topological polar surface area (TPSA) is 78.3 Å². The number of nitrogens with one attached hydrogen (secondary N) is 1. The Kier molecular flexibility index (Phi) is 4.82. The number of aromatic nitrogens is 3. The summed E-state index contributed by atoms with van der Waals surface area (Å²) in [4.78, 5) is 17.5. The minimum Gasteiger partial charge on any atom is -0.497 e. The van der Waals surface area contributed by atoms with Crippen LogP contribution in [0.5, 0.6) is 11.5 Å². The van der Waals surface area contributed by atoms with Crippen LogP contribution in [0.4, 0.5) is 5.95 Å². The number of Topliss-reactive ketones (excluding diaryl/α,β-unsaturated/α-hetero) is 1. The van der Waals surface area contributed by atoms with Crippen molar-refractivity contribution in [1.29, 1.82) is 0 Å². The maximum atomic E-state index is 12.9. The summed E-state index contributed by atoms with van der Waals surface area (Å²) in [5.74, 6) is 2.79. The third-order valence-electron chi connectivity index (χ3n) is 4.92. The van der Waals surface area contributed by atoms with Crippen LogP contribution in [0.2, 0.25) is 0 Å². The highest BCUT2D eigenvalue weighted by Crippen LogP contribution is 2.45. The van der Waals surface area contributed by atoms with Gasteiger partial charge in [-0.3, -0.25) is 4.79 Å². The average molecular weight is 386 g/mol. The number of carbonyl (C=O) groups excluding carboxylic acids is 1. The molecule has 1 aromatic heterocycles. The van der Waals surface area contributed by atoms with E-state index in [-0.39, 0.29) is 17.7 Å². The molecule has 8 heteroatoms. The van der Waals surface area contributed by atoms with E-state index in [9.17, 15) is 4.79 Å². The fourth-order valence-corrected chi connectivity index (χ4v) is 4.27. The Hall–Kier alpha value is -2.48. The first-order chi connectivity index (χ1) is 13.2. The van der Waals surface area contributed by atoms with E-state index in [0.717, 1.165) is 23.4 Å². The summed E-state index contributed by atoms with van der Waals surface area (Å²) in [5, 5.41) is 8.70. The van der Waals surface area contributed by atoms with Crippen molar-refractivity contribution in [2.75, 3.05) is 25.3 Å². The highest BCUT2D eigenvalue weighted by Gasteiger charge is 2.42. The molecule has 2 heterocycles. The predicted octanol–water partition coefficient (Wildman–Crippen LogP) is 3.29. The summed E-state index contributed by atoms with van der Waals surface area (Å²) in [6.45, 7) is 2.06. The van der Waals surface area contributed by atoms with E-state index in [0.29, 0.717) is 29.0 Å². The first-order valence-electron chi connectivity index (χ1n) is 8.97. The van der Waals surface area contributed by atoms with Gasteiger partial charge in [-0.25, -0.2) is 4.68 Å². The molecule has 4 rings (SSSR count).